The Morgan fingerprint density at radius 2 is 2.13 bits per heavy atom. The van der Waals surface area contributed by atoms with Crippen molar-refractivity contribution in [2.45, 2.75) is 6.42 Å². The highest BCUT2D eigenvalue weighted by Crippen LogP contribution is 2.24. The van der Waals surface area contributed by atoms with E-state index in [0.717, 1.165) is 19.5 Å². The van der Waals surface area contributed by atoms with Crippen molar-refractivity contribution in [3.05, 3.63) is 30.5 Å². The summed E-state index contributed by atoms with van der Waals surface area (Å²) in [5.41, 5.74) is 7.92. The minimum absolute atomic E-state index is 0.734. The number of nitrogens with two attached hydrogens (primary N) is 1. The van der Waals surface area contributed by atoms with Gasteiger partial charge in [0.15, 0.2) is 0 Å². The van der Waals surface area contributed by atoms with Crippen LogP contribution in [-0.4, -0.2) is 17.7 Å². The zero-order valence-electron chi connectivity index (χ0n) is 9.03. The van der Waals surface area contributed by atoms with Gasteiger partial charge in [-0.3, -0.25) is 0 Å². The fourth-order valence-electron chi connectivity index (χ4n) is 1.81. The number of anilines is 1. The highest BCUT2D eigenvalue weighted by Gasteiger charge is 2.03. The summed E-state index contributed by atoms with van der Waals surface area (Å²) in [7, 11) is 2.07. The van der Waals surface area contributed by atoms with Gasteiger partial charge >= 0.3 is 0 Å². The summed E-state index contributed by atoms with van der Waals surface area (Å²) in [6, 6.07) is 8.39. The molecule has 0 spiro atoms. The van der Waals surface area contributed by atoms with Gasteiger partial charge in [0.2, 0.25) is 0 Å². The van der Waals surface area contributed by atoms with Gasteiger partial charge in [-0.15, -0.1) is 0 Å². The SMILES string of the molecule is Cn1cc(NCCCN)c2ccccc21. The number of aryl methyl sites for hydroxylation is 1. The van der Waals surface area contributed by atoms with Crippen LogP contribution in [0.15, 0.2) is 30.5 Å². The molecule has 0 aliphatic carbocycles. The van der Waals surface area contributed by atoms with E-state index in [1.54, 1.807) is 0 Å². The number of para-hydroxylation sites is 1. The van der Waals surface area contributed by atoms with Gasteiger partial charge in [-0.1, -0.05) is 18.2 Å². The van der Waals surface area contributed by atoms with E-state index in [9.17, 15) is 0 Å². The highest BCUT2D eigenvalue weighted by atomic mass is 15.0. The van der Waals surface area contributed by atoms with Gasteiger partial charge in [0.25, 0.3) is 0 Å². The standard InChI is InChI=1S/C12H17N3/c1-15-9-11(14-8-4-7-13)10-5-2-3-6-12(10)15/h2-3,5-6,9,14H,4,7-8,13H2,1H3. The number of nitrogens with zero attached hydrogens (tertiary/aromatic N) is 1. The molecular formula is C12H17N3. The fourth-order valence-corrected chi connectivity index (χ4v) is 1.81. The number of nitrogens with one attached hydrogen (secondary N) is 1. The summed E-state index contributed by atoms with van der Waals surface area (Å²) in [4.78, 5) is 0. The van der Waals surface area contributed by atoms with Crippen LogP contribution in [0.4, 0.5) is 5.69 Å². The van der Waals surface area contributed by atoms with Crippen molar-refractivity contribution in [2.24, 2.45) is 12.8 Å². The van der Waals surface area contributed by atoms with Gasteiger partial charge < -0.3 is 15.6 Å². The van der Waals surface area contributed by atoms with E-state index < -0.39 is 0 Å². The molecular weight excluding hydrogens is 186 g/mol. The molecule has 0 aliphatic heterocycles. The second-order valence-corrected chi connectivity index (χ2v) is 3.74. The lowest BCUT2D eigenvalue weighted by atomic mass is 10.2. The molecule has 1 aromatic carbocycles. The Balaban J connectivity index is 2.27. The molecule has 0 fully saturated rings. The van der Waals surface area contributed by atoms with Crippen LogP contribution in [-0.2, 0) is 7.05 Å². The van der Waals surface area contributed by atoms with E-state index in [-0.39, 0.29) is 0 Å². The Kier molecular flexibility index (Phi) is 2.92. The predicted molar refractivity (Wildman–Crippen MR) is 65.1 cm³/mol. The molecule has 80 valence electrons. The number of fused-ring (bicyclic) bond motifs is 1. The van der Waals surface area contributed by atoms with E-state index >= 15 is 0 Å². The molecule has 2 rings (SSSR count). The van der Waals surface area contributed by atoms with Gasteiger partial charge in [0.1, 0.15) is 0 Å². The first-order valence-corrected chi connectivity index (χ1v) is 5.31. The summed E-state index contributed by atoms with van der Waals surface area (Å²) in [6.07, 6.45) is 3.13. The van der Waals surface area contributed by atoms with Gasteiger partial charge in [0.05, 0.1) is 5.69 Å². The van der Waals surface area contributed by atoms with Crippen molar-refractivity contribution in [1.29, 1.82) is 0 Å². The fraction of sp³-hybridized carbons (Fsp3) is 0.333. The first-order valence-electron chi connectivity index (χ1n) is 5.31. The monoisotopic (exact) mass is 203 g/mol. The molecule has 0 bridgehead atoms. The average Bonchev–Trinajstić information content (AvgIpc) is 2.58. The molecule has 2 aromatic rings. The smallest absolute Gasteiger partial charge is 0.0600 e. The molecule has 0 saturated carbocycles. The number of rotatable bonds is 4. The maximum atomic E-state index is 5.47. The molecule has 1 heterocycles. The lowest BCUT2D eigenvalue weighted by Gasteiger charge is -2.02. The Labute approximate surface area is 89.9 Å². The van der Waals surface area contributed by atoms with Crippen LogP contribution in [0.3, 0.4) is 0 Å². The number of aromatic nitrogens is 1. The molecule has 0 unspecified atom stereocenters. The van der Waals surface area contributed by atoms with E-state index in [1.807, 2.05) is 0 Å². The number of hydrogen-bond donors (Lipinski definition) is 2. The third kappa shape index (κ3) is 1.97. The van der Waals surface area contributed by atoms with E-state index in [2.05, 4.69) is 47.4 Å². The highest BCUT2D eigenvalue weighted by molar-refractivity contribution is 5.92. The van der Waals surface area contributed by atoms with Crippen molar-refractivity contribution < 1.29 is 0 Å². The van der Waals surface area contributed by atoms with Crippen LogP contribution in [0.5, 0.6) is 0 Å². The van der Waals surface area contributed by atoms with Crippen LogP contribution in [0.1, 0.15) is 6.42 Å². The number of benzene rings is 1. The molecule has 3 nitrogen and oxygen atoms in total. The molecule has 0 atom stereocenters. The topological polar surface area (TPSA) is 43.0 Å². The van der Waals surface area contributed by atoms with Gasteiger partial charge in [0, 0.05) is 30.7 Å². The Bertz CT molecular complexity index is 445. The van der Waals surface area contributed by atoms with Crippen molar-refractivity contribution in [3.8, 4) is 0 Å². The molecule has 0 radical (unpaired) electrons. The third-order valence-corrected chi connectivity index (χ3v) is 2.59. The van der Waals surface area contributed by atoms with Crippen LogP contribution >= 0.6 is 0 Å². The quantitative estimate of drug-likeness (QED) is 0.746. The van der Waals surface area contributed by atoms with Crippen molar-refractivity contribution >= 4 is 16.6 Å². The molecule has 15 heavy (non-hydrogen) atoms. The summed E-state index contributed by atoms with van der Waals surface area (Å²) < 4.78 is 2.14. The van der Waals surface area contributed by atoms with Crippen LogP contribution in [0, 0.1) is 0 Å². The largest absolute Gasteiger partial charge is 0.383 e. The minimum Gasteiger partial charge on any atom is -0.383 e. The first kappa shape index (κ1) is 10.1. The first-order chi connectivity index (χ1) is 7.33. The Morgan fingerprint density at radius 1 is 1.33 bits per heavy atom. The lowest BCUT2D eigenvalue weighted by molar-refractivity contribution is 0.873. The lowest BCUT2D eigenvalue weighted by Crippen LogP contribution is -2.08. The summed E-state index contributed by atoms with van der Waals surface area (Å²) in [6.45, 7) is 1.67. The predicted octanol–water partition coefficient (Wildman–Crippen LogP) is 1.94. The molecule has 0 amide bonds. The molecule has 0 saturated heterocycles. The van der Waals surface area contributed by atoms with Crippen molar-refractivity contribution in [1.82, 2.24) is 4.57 Å². The summed E-state index contributed by atoms with van der Waals surface area (Å²) in [5.74, 6) is 0. The molecule has 0 aliphatic rings. The minimum atomic E-state index is 0.734. The van der Waals surface area contributed by atoms with Crippen LogP contribution in [0.2, 0.25) is 0 Å². The average molecular weight is 203 g/mol. The second kappa shape index (κ2) is 4.36. The Morgan fingerprint density at radius 3 is 2.93 bits per heavy atom. The zero-order chi connectivity index (χ0) is 10.7. The van der Waals surface area contributed by atoms with Crippen molar-refractivity contribution in [3.63, 3.8) is 0 Å². The second-order valence-electron chi connectivity index (χ2n) is 3.74. The number of hydrogen-bond acceptors (Lipinski definition) is 2. The van der Waals surface area contributed by atoms with E-state index in [4.69, 9.17) is 5.73 Å². The third-order valence-electron chi connectivity index (χ3n) is 2.59. The van der Waals surface area contributed by atoms with Crippen molar-refractivity contribution in [2.75, 3.05) is 18.4 Å². The van der Waals surface area contributed by atoms with Gasteiger partial charge in [-0.05, 0) is 19.0 Å². The van der Waals surface area contributed by atoms with Crippen LogP contribution in [0.25, 0.3) is 10.9 Å². The Hall–Kier alpha value is -1.48. The van der Waals surface area contributed by atoms with E-state index in [0.29, 0.717) is 0 Å². The van der Waals surface area contributed by atoms with Gasteiger partial charge in [-0.2, -0.15) is 0 Å². The van der Waals surface area contributed by atoms with Gasteiger partial charge in [-0.25, -0.2) is 0 Å². The molecule has 1 aromatic heterocycles. The maximum Gasteiger partial charge on any atom is 0.0600 e. The normalized spacial score (nSPS) is 10.8. The summed E-state index contributed by atoms with van der Waals surface area (Å²) >= 11 is 0. The molecule has 3 N–H and O–H groups in total. The summed E-state index contributed by atoms with van der Waals surface area (Å²) in [5, 5.41) is 4.68. The zero-order valence-corrected chi connectivity index (χ0v) is 9.03. The molecule has 3 heteroatoms. The maximum absolute atomic E-state index is 5.47. The van der Waals surface area contributed by atoms with E-state index in [1.165, 1.54) is 16.6 Å². The van der Waals surface area contributed by atoms with Crippen LogP contribution < -0.4 is 11.1 Å².